The van der Waals surface area contributed by atoms with Crippen molar-refractivity contribution in [2.75, 3.05) is 13.7 Å². The monoisotopic (exact) mass is 569 g/mol. The summed E-state index contributed by atoms with van der Waals surface area (Å²) in [5, 5.41) is 17.2. The Morgan fingerprint density at radius 2 is 1.88 bits per heavy atom. The summed E-state index contributed by atoms with van der Waals surface area (Å²) in [7, 11) is 1.59. The van der Waals surface area contributed by atoms with Crippen molar-refractivity contribution < 1.29 is 19.1 Å². The average Bonchev–Trinajstić information content (AvgIpc) is 3.70. The Kier molecular flexibility index (Phi) is 8.93. The molecule has 1 saturated heterocycles. The molecule has 3 N–H and O–H groups in total. The van der Waals surface area contributed by atoms with Gasteiger partial charge in [-0.1, -0.05) is 44.2 Å². The number of carbonyl (C=O) groups is 3. The minimum Gasteiger partial charge on any atom is -0.496 e. The number of amides is 2. The molecule has 0 spiro atoms. The number of nitriles is 1. The predicted octanol–water partition coefficient (Wildman–Crippen LogP) is 4.33. The fourth-order valence-corrected chi connectivity index (χ4v) is 6.37. The molecule has 220 valence electrons. The molecule has 2 amide bonds. The minimum absolute atomic E-state index is 0.0299. The number of benzene rings is 2. The van der Waals surface area contributed by atoms with Crippen LogP contribution in [0, 0.1) is 29.1 Å². The van der Waals surface area contributed by atoms with Crippen molar-refractivity contribution in [2.24, 2.45) is 17.8 Å². The molecule has 4 unspecified atom stereocenters. The van der Waals surface area contributed by atoms with Crippen molar-refractivity contribution in [1.82, 2.24) is 20.5 Å². The molecule has 0 saturated carbocycles. The molecule has 0 radical (unpaired) electrons. The molecule has 9 heteroatoms. The van der Waals surface area contributed by atoms with E-state index in [1.54, 1.807) is 13.2 Å². The Labute approximate surface area is 246 Å². The molecule has 9 nitrogen and oxygen atoms in total. The van der Waals surface area contributed by atoms with Crippen molar-refractivity contribution in [1.29, 1.82) is 5.26 Å². The third-order valence-electron chi connectivity index (χ3n) is 8.50. The number of aromatic nitrogens is 1. The Hall–Kier alpha value is -4.16. The first-order valence-corrected chi connectivity index (χ1v) is 14.7. The number of ether oxygens (including phenoxy) is 1. The van der Waals surface area contributed by atoms with Crippen LogP contribution < -0.4 is 15.4 Å². The van der Waals surface area contributed by atoms with Gasteiger partial charge in [0.15, 0.2) is 5.78 Å². The van der Waals surface area contributed by atoms with Gasteiger partial charge in [0, 0.05) is 48.8 Å². The number of rotatable bonds is 12. The lowest BCUT2D eigenvalue weighted by Crippen LogP contribution is -2.52. The van der Waals surface area contributed by atoms with Gasteiger partial charge in [-0.05, 0) is 54.5 Å². The Morgan fingerprint density at radius 3 is 2.50 bits per heavy atom. The number of aromatic amines is 1. The van der Waals surface area contributed by atoms with Crippen molar-refractivity contribution in [3.63, 3.8) is 0 Å². The molecular formula is C33H39N5O4. The van der Waals surface area contributed by atoms with Crippen molar-refractivity contribution >= 4 is 28.5 Å². The number of hydrogen-bond donors (Lipinski definition) is 3. The van der Waals surface area contributed by atoms with Crippen LogP contribution in [0.25, 0.3) is 10.9 Å². The average molecular weight is 570 g/mol. The minimum atomic E-state index is -0.619. The number of hydrogen-bond acceptors (Lipinski definition) is 6. The van der Waals surface area contributed by atoms with Gasteiger partial charge in [-0.15, -0.1) is 0 Å². The lowest BCUT2D eigenvalue weighted by atomic mass is 9.89. The van der Waals surface area contributed by atoms with Crippen molar-refractivity contribution in [2.45, 2.75) is 64.7 Å². The highest BCUT2D eigenvalue weighted by molar-refractivity contribution is 6.02. The molecule has 0 bridgehead atoms. The summed E-state index contributed by atoms with van der Waals surface area (Å²) in [4.78, 5) is 45.2. The van der Waals surface area contributed by atoms with Crippen LogP contribution in [0.3, 0.4) is 0 Å². The second-order valence-electron chi connectivity index (χ2n) is 11.9. The second-order valence-corrected chi connectivity index (χ2v) is 11.9. The zero-order valence-corrected chi connectivity index (χ0v) is 24.5. The van der Waals surface area contributed by atoms with E-state index >= 15 is 0 Å². The molecule has 42 heavy (non-hydrogen) atoms. The van der Waals surface area contributed by atoms with Gasteiger partial charge in [-0.2, -0.15) is 5.26 Å². The van der Waals surface area contributed by atoms with Gasteiger partial charge in [-0.3, -0.25) is 19.3 Å². The first kappa shape index (κ1) is 29.3. The van der Waals surface area contributed by atoms with Crippen LogP contribution in [-0.4, -0.2) is 53.2 Å². The lowest BCUT2D eigenvalue weighted by molar-refractivity contribution is -0.128. The normalized spacial score (nSPS) is 18.7. The number of carbonyl (C=O) groups excluding carboxylic acids is 3. The van der Waals surface area contributed by atoms with Crippen LogP contribution in [0.1, 0.15) is 61.1 Å². The number of methoxy groups -OCH3 is 1. The standard InChI is InChI=1S/C33H39N5O4/c1-20(2)13-24(15-30(39)28-16-25-26(36-28)9-6-10-31(25)42-3)33(41)37-27(14-21-11-12-35-32(21)40)29(17-34)38-18-22-7-4-5-8-23(22)19-38/h4-10,16,20-21,24,27,29,36H,11-15,18-19H2,1-3H3,(H,35,40)(H,37,41). The molecule has 1 fully saturated rings. The highest BCUT2D eigenvalue weighted by Gasteiger charge is 2.38. The Morgan fingerprint density at radius 1 is 1.14 bits per heavy atom. The van der Waals surface area contributed by atoms with E-state index in [0.29, 0.717) is 50.3 Å². The maximum Gasteiger partial charge on any atom is 0.223 e. The maximum atomic E-state index is 13.9. The summed E-state index contributed by atoms with van der Waals surface area (Å²) in [5.74, 6) is -0.471. The third kappa shape index (κ3) is 6.34. The number of nitrogens with one attached hydrogen (secondary N) is 3. The SMILES string of the molecule is COc1cccc2[nH]c(C(=O)CC(CC(C)C)C(=O)NC(CC3CCNC3=O)C(C#N)N3Cc4ccccc4C3)cc12. The summed E-state index contributed by atoms with van der Waals surface area (Å²) < 4.78 is 5.44. The van der Waals surface area contributed by atoms with E-state index in [9.17, 15) is 19.6 Å². The van der Waals surface area contributed by atoms with E-state index < -0.39 is 18.0 Å². The van der Waals surface area contributed by atoms with E-state index in [4.69, 9.17) is 4.74 Å². The van der Waals surface area contributed by atoms with E-state index in [0.717, 1.165) is 10.9 Å². The summed E-state index contributed by atoms with van der Waals surface area (Å²) >= 11 is 0. The van der Waals surface area contributed by atoms with Gasteiger partial charge in [-0.25, -0.2) is 0 Å². The molecule has 3 heterocycles. The van der Waals surface area contributed by atoms with Crippen LogP contribution >= 0.6 is 0 Å². The van der Waals surface area contributed by atoms with Gasteiger partial charge in [0.05, 0.1) is 24.9 Å². The van der Waals surface area contributed by atoms with Crippen molar-refractivity contribution in [3.05, 3.63) is 65.4 Å². The number of H-pyrrole nitrogens is 1. The lowest BCUT2D eigenvalue weighted by Gasteiger charge is -2.32. The van der Waals surface area contributed by atoms with E-state index in [-0.39, 0.29) is 35.9 Å². The molecule has 2 aliphatic rings. The van der Waals surface area contributed by atoms with Crippen LogP contribution in [0.5, 0.6) is 5.75 Å². The van der Waals surface area contributed by atoms with Gasteiger partial charge < -0.3 is 20.4 Å². The van der Waals surface area contributed by atoms with Gasteiger partial charge in [0.2, 0.25) is 11.8 Å². The fourth-order valence-electron chi connectivity index (χ4n) is 6.37. The molecular weight excluding hydrogens is 530 g/mol. The fraction of sp³-hybridized carbons (Fsp3) is 0.455. The Balaban J connectivity index is 1.36. The van der Waals surface area contributed by atoms with E-state index in [1.807, 2.05) is 44.2 Å². The maximum absolute atomic E-state index is 13.9. The zero-order chi connectivity index (χ0) is 29.8. The van der Waals surface area contributed by atoms with Gasteiger partial charge in [0.25, 0.3) is 0 Å². The summed E-state index contributed by atoms with van der Waals surface area (Å²) in [6.45, 7) is 5.86. The highest BCUT2D eigenvalue weighted by Crippen LogP contribution is 2.30. The largest absolute Gasteiger partial charge is 0.496 e. The van der Waals surface area contributed by atoms with Crippen LogP contribution in [0.2, 0.25) is 0 Å². The van der Waals surface area contributed by atoms with Crippen LogP contribution in [0.4, 0.5) is 0 Å². The first-order valence-electron chi connectivity index (χ1n) is 14.7. The smallest absolute Gasteiger partial charge is 0.223 e. The molecule has 3 aromatic rings. The summed E-state index contributed by atoms with van der Waals surface area (Å²) in [6, 6.07) is 16.7. The molecule has 1 aromatic heterocycles. The molecule has 2 aromatic carbocycles. The molecule has 2 aliphatic heterocycles. The molecule has 4 atom stereocenters. The number of fused-ring (bicyclic) bond motifs is 2. The third-order valence-corrected chi connectivity index (χ3v) is 8.50. The Bertz CT molecular complexity index is 1480. The summed E-state index contributed by atoms with van der Waals surface area (Å²) in [5.41, 5.74) is 3.56. The van der Waals surface area contributed by atoms with Gasteiger partial charge in [0.1, 0.15) is 11.8 Å². The van der Waals surface area contributed by atoms with Gasteiger partial charge >= 0.3 is 0 Å². The topological polar surface area (TPSA) is 127 Å². The molecule has 5 rings (SSSR count). The second kappa shape index (κ2) is 12.8. The number of ketones is 1. The summed E-state index contributed by atoms with van der Waals surface area (Å²) in [6.07, 6.45) is 1.58. The van der Waals surface area contributed by atoms with E-state index in [1.165, 1.54) is 11.1 Å². The first-order chi connectivity index (χ1) is 20.3. The highest BCUT2D eigenvalue weighted by atomic mass is 16.5. The quantitative estimate of drug-likeness (QED) is 0.279. The predicted molar refractivity (Wildman–Crippen MR) is 159 cm³/mol. The molecule has 0 aliphatic carbocycles. The van der Waals surface area contributed by atoms with Crippen molar-refractivity contribution in [3.8, 4) is 11.8 Å². The number of nitrogens with zero attached hydrogens (tertiary/aromatic N) is 2. The number of Topliss-reactive ketones (excluding diaryl/α,β-unsaturated/α-hetero) is 1. The van der Waals surface area contributed by atoms with Crippen LogP contribution in [0.15, 0.2) is 48.5 Å². The van der Waals surface area contributed by atoms with Crippen LogP contribution in [-0.2, 0) is 22.7 Å². The van der Waals surface area contributed by atoms with E-state index in [2.05, 4.69) is 38.7 Å². The zero-order valence-electron chi connectivity index (χ0n) is 24.5.